The maximum Gasteiger partial charge on any atom is 0.169 e. The third-order valence-corrected chi connectivity index (χ3v) is 1.65. The molecule has 0 saturated carbocycles. The highest BCUT2D eigenvalue weighted by atomic mass is 31.0. The van der Waals surface area contributed by atoms with Crippen molar-refractivity contribution >= 4 is 14.5 Å². The third-order valence-electron chi connectivity index (χ3n) is 1.15. The van der Waals surface area contributed by atoms with Crippen LogP contribution in [0.25, 0.3) is 0 Å². The van der Waals surface area contributed by atoms with Crippen LogP contribution in [0.1, 0.15) is 0 Å². The Morgan fingerprint density at radius 1 is 0.909 bits per heavy atom. The van der Waals surface area contributed by atoms with Crippen molar-refractivity contribution in [2.24, 2.45) is 0 Å². The van der Waals surface area contributed by atoms with Gasteiger partial charge in [0.25, 0.3) is 0 Å². The average molecular weight is 182 g/mol. The molecular formula is C6H3F4P. The van der Waals surface area contributed by atoms with Crippen LogP contribution in [-0.4, -0.2) is 0 Å². The lowest BCUT2D eigenvalue weighted by molar-refractivity contribution is 0.464. The molecule has 0 aromatic heterocycles. The molecule has 0 nitrogen and oxygen atoms in total. The molecule has 1 rings (SSSR count). The fraction of sp³-hybridized carbons (Fsp3) is 0. The second-order valence-electron chi connectivity index (χ2n) is 1.88. The lowest BCUT2D eigenvalue weighted by atomic mass is 10.3. The van der Waals surface area contributed by atoms with Gasteiger partial charge in [-0.05, 0) is 0 Å². The second-order valence-corrected chi connectivity index (χ2v) is 2.46. The first-order chi connectivity index (χ1) is 5.04. The fourth-order valence-corrected chi connectivity index (χ4v) is 0.867. The van der Waals surface area contributed by atoms with Gasteiger partial charge in [0.15, 0.2) is 23.3 Å². The highest BCUT2D eigenvalue weighted by molar-refractivity contribution is 7.27. The molecular weight excluding hydrogens is 179 g/mol. The van der Waals surface area contributed by atoms with E-state index in [4.69, 9.17) is 0 Å². The van der Waals surface area contributed by atoms with E-state index in [2.05, 4.69) is 0 Å². The molecule has 0 N–H and O–H groups in total. The van der Waals surface area contributed by atoms with Gasteiger partial charge in [-0.15, -0.1) is 0 Å². The summed E-state index contributed by atoms with van der Waals surface area (Å²) in [5.41, 5.74) is 0. The molecule has 0 spiro atoms. The minimum atomic E-state index is -1.39. The monoisotopic (exact) mass is 182 g/mol. The molecule has 0 amide bonds. The van der Waals surface area contributed by atoms with Gasteiger partial charge in [-0.2, -0.15) is 0 Å². The first-order valence-electron chi connectivity index (χ1n) is 2.62. The number of benzene rings is 1. The summed E-state index contributed by atoms with van der Waals surface area (Å²) < 4.78 is 49.2. The molecule has 5 heteroatoms. The summed E-state index contributed by atoms with van der Waals surface area (Å²) in [6.07, 6.45) is 0. The standard InChI is InChI=1S/C6H3F4P/c7-2-1-3(8)5(10)6(11)4(2)9/h1H,11H2. The van der Waals surface area contributed by atoms with Crippen LogP contribution in [0.5, 0.6) is 0 Å². The third kappa shape index (κ3) is 1.36. The van der Waals surface area contributed by atoms with E-state index in [9.17, 15) is 17.6 Å². The summed E-state index contributed by atoms with van der Waals surface area (Å²) >= 11 is 0. The van der Waals surface area contributed by atoms with Crippen LogP contribution >= 0.6 is 9.24 Å². The molecule has 0 radical (unpaired) electrons. The minimum Gasteiger partial charge on any atom is -0.204 e. The zero-order chi connectivity index (χ0) is 8.59. The van der Waals surface area contributed by atoms with Gasteiger partial charge in [-0.3, -0.25) is 0 Å². The van der Waals surface area contributed by atoms with E-state index in [1.54, 1.807) is 9.24 Å². The van der Waals surface area contributed by atoms with Gasteiger partial charge >= 0.3 is 0 Å². The van der Waals surface area contributed by atoms with Crippen LogP contribution in [0, 0.1) is 23.3 Å². The highest BCUT2D eigenvalue weighted by Gasteiger charge is 2.14. The Labute approximate surface area is 62.4 Å². The van der Waals surface area contributed by atoms with E-state index in [0.29, 0.717) is 0 Å². The van der Waals surface area contributed by atoms with Crippen molar-refractivity contribution in [2.45, 2.75) is 0 Å². The Balaban J connectivity index is 3.46. The van der Waals surface area contributed by atoms with Gasteiger partial charge in [0.1, 0.15) is 0 Å². The lowest BCUT2D eigenvalue weighted by Crippen LogP contribution is -2.10. The first-order valence-corrected chi connectivity index (χ1v) is 3.20. The van der Waals surface area contributed by atoms with Crippen LogP contribution in [0.15, 0.2) is 6.07 Å². The number of hydrogen-bond acceptors (Lipinski definition) is 0. The van der Waals surface area contributed by atoms with E-state index >= 15 is 0 Å². The lowest BCUT2D eigenvalue weighted by Gasteiger charge is -1.99. The maximum atomic E-state index is 12.4. The second kappa shape index (κ2) is 2.78. The number of hydrogen-bond donors (Lipinski definition) is 0. The van der Waals surface area contributed by atoms with Crippen molar-refractivity contribution in [3.63, 3.8) is 0 Å². The minimum absolute atomic E-state index is 0.165. The molecule has 11 heavy (non-hydrogen) atoms. The average Bonchev–Trinajstić information content (AvgIpc) is 1.97. The molecule has 0 fully saturated rings. The van der Waals surface area contributed by atoms with E-state index in [-0.39, 0.29) is 6.07 Å². The molecule has 0 aliphatic rings. The topological polar surface area (TPSA) is 0 Å². The van der Waals surface area contributed by atoms with Crippen LogP contribution < -0.4 is 5.30 Å². The molecule has 1 aromatic carbocycles. The SMILES string of the molecule is Fc1cc(F)c(F)c(P)c1F. The molecule has 0 saturated heterocycles. The van der Waals surface area contributed by atoms with E-state index in [1.165, 1.54) is 0 Å². The van der Waals surface area contributed by atoms with Crippen molar-refractivity contribution in [1.29, 1.82) is 0 Å². The summed E-state index contributed by atoms with van der Waals surface area (Å²) in [7, 11) is 1.58. The van der Waals surface area contributed by atoms with Crippen LogP contribution in [0.2, 0.25) is 0 Å². The molecule has 60 valence electrons. The smallest absolute Gasteiger partial charge is 0.169 e. The van der Waals surface area contributed by atoms with Gasteiger partial charge in [0.2, 0.25) is 0 Å². The summed E-state index contributed by atoms with van der Waals surface area (Å²) in [6, 6.07) is 0.165. The van der Waals surface area contributed by atoms with Crippen LogP contribution in [0.4, 0.5) is 17.6 Å². The van der Waals surface area contributed by atoms with Gasteiger partial charge in [-0.25, -0.2) is 17.6 Å². The van der Waals surface area contributed by atoms with E-state index < -0.39 is 28.6 Å². The summed E-state index contributed by atoms with van der Waals surface area (Å²) in [4.78, 5) is 0. The Morgan fingerprint density at radius 2 is 1.27 bits per heavy atom. The summed E-state index contributed by atoms with van der Waals surface area (Å²) in [5, 5.41) is -0.720. The number of halogens is 4. The fourth-order valence-electron chi connectivity index (χ4n) is 0.592. The van der Waals surface area contributed by atoms with Crippen molar-refractivity contribution in [3.8, 4) is 0 Å². The van der Waals surface area contributed by atoms with Crippen LogP contribution in [-0.2, 0) is 0 Å². The van der Waals surface area contributed by atoms with Gasteiger partial charge in [-0.1, -0.05) is 9.24 Å². The zero-order valence-corrected chi connectivity index (χ0v) is 6.32. The van der Waals surface area contributed by atoms with Gasteiger partial charge in [0.05, 0.1) is 0 Å². The van der Waals surface area contributed by atoms with Crippen molar-refractivity contribution in [2.75, 3.05) is 0 Å². The summed E-state index contributed by atoms with van der Waals surface area (Å²) in [6.45, 7) is 0. The molecule has 1 aromatic rings. The predicted molar refractivity (Wildman–Crippen MR) is 35.6 cm³/mol. The maximum absolute atomic E-state index is 12.4. The first kappa shape index (κ1) is 8.47. The summed E-state index contributed by atoms with van der Waals surface area (Å²) in [5.74, 6) is -5.55. The molecule has 1 atom stereocenters. The van der Waals surface area contributed by atoms with Crippen molar-refractivity contribution < 1.29 is 17.6 Å². The molecule has 0 heterocycles. The number of rotatable bonds is 0. The van der Waals surface area contributed by atoms with Crippen molar-refractivity contribution in [3.05, 3.63) is 29.3 Å². The van der Waals surface area contributed by atoms with Gasteiger partial charge < -0.3 is 0 Å². The highest BCUT2D eigenvalue weighted by Crippen LogP contribution is 2.12. The predicted octanol–water partition coefficient (Wildman–Crippen LogP) is 1.74. The Kier molecular flexibility index (Phi) is 2.14. The molecule has 0 bridgehead atoms. The Bertz CT molecular complexity index is 271. The molecule has 0 aliphatic carbocycles. The van der Waals surface area contributed by atoms with E-state index in [1.807, 2.05) is 0 Å². The van der Waals surface area contributed by atoms with Crippen LogP contribution in [0.3, 0.4) is 0 Å². The quantitative estimate of drug-likeness (QED) is 0.325. The Morgan fingerprint density at radius 3 is 1.64 bits per heavy atom. The van der Waals surface area contributed by atoms with E-state index in [0.717, 1.165) is 0 Å². The molecule has 0 aliphatic heterocycles. The largest absolute Gasteiger partial charge is 0.204 e. The van der Waals surface area contributed by atoms with Crippen molar-refractivity contribution in [1.82, 2.24) is 0 Å². The normalized spacial score (nSPS) is 10.3. The Hall–Kier alpha value is -0.630. The van der Waals surface area contributed by atoms with Gasteiger partial charge in [0, 0.05) is 11.4 Å². The molecule has 1 unspecified atom stereocenters. The zero-order valence-electron chi connectivity index (χ0n) is 5.17.